The molecule has 1 aromatic heterocycles. The number of hydrogen-bond donors (Lipinski definition) is 1. The van der Waals surface area contributed by atoms with E-state index >= 15 is 0 Å². The summed E-state index contributed by atoms with van der Waals surface area (Å²) in [6.07, 6.45) is 1.23. The van der Waals surface area contributed by atoms with Crippen molar-refractivity contribution in [1.82, 2.24) is 14.7 Å². The first-order chi connectivity index (χ1) is 20.0. The molecule has 42 heavy (non-hydrogen) atoms. The Hall–Kier alpha value is -4.29. The van der Waals surface area contributed by atoms with Gasteiger partial charge in [0.25, 0.3) is 11.8 Å². The summed E-state index contributed by atoms with van der Waals surface area (Å²) in [6, 6.07) is 9.36. The summed E-state index contributed by atoms with van der Waals surface area (Å²) in [5, 5.41) is 6.90. The zero-order chi connectivity index (χ0) is 30.0. The summed E-state index contributed by atoms with van der Waals surface area (Å²) in [6.45, 7) is 6.92. The van der Waals surface area contributed by atoms with Crippen LogP contribution < -0.4 is 19.5 Å². The molecule has 5 rings (SSSR count). The van der Waals surface area contributed by atoms with Crippen molar-refractivity contribution in [2.75, 3.05) is 38.7 Å². The first kappa shape index (κ1) is 29.2. The van der Waals surface area contributed by atoms with Crippen LogP contribution in [-0.2, 0) is 9.47 Å². The Labute approximate surface area is 247 Å². The van der Waals surface area contributed by atoms with Gasteiger partial charge in [-0.3, -0.25) is 9.59 Å². The minimum Gasteiger partial charge on any atom is -0.489 e. The van der Waals surface area contributed by atoms with Gasteiger partial charge in [-0.1, -0.05) is 11.6 Å². The van der Waals surface area contributed by atoms with Crippen LogP contribution in [0.15, 0.2) is 42.6 Å². The van der Waals surface area contributed by atoms with Crippen LogP contribution in [0.25, 0.3) is 0 Å². The normalized spacial score (nSPS) is 16.7. The third kappa shape index (κ3) is 6.77. The van der Waals surface area contributed by atoms with Crippen LogP contribution in [0.2, 0.25) is 5.02 Å². The van der Waals surface area contributed by atoms with E-state index in [2.05, 4.69) is 10.4 Å². The van der Waals surface area contributed by atoms with E-state index in [0.29, 0.717) is 37.5 Å². The molecule has 12 nitrogen and oxygen atoms in total. The minimum atomic E-state index is -0.703. The average molecular weight is 599 g/mol. The topological polar surface area (TPSA) is 130 Å². The summed E-state index contributed by atoms with van der Waals surface area (Å²) >= 11 is 6.62. The molecule has 0 spiro atoms. The molecule has 2 amide bonds. The van der Waals surface area contributed by atoms with E-state index in [1.807, 2.05) is 0 Å². The van der Waals surface area contributed by atoms with Crippen molar-refractivity contribution in [2.45, 2.75) is 38.9 Å². The zero-order valence-electron chi connectivity index (χ0n) is 23.6. The van der Waals surface area contributed by atoms with Crippen LogP contribution in [-0.4, -0.2) is 77.7 Å². The van der Waals surface area contributed by atoms with Gasteiger partial charge in [0, 0.05) is 37.4 Å². The molecule has 13 heteroatoms. The van der Waals surface area contributed by atoms with E-state index in [9.17, 15) is 14.4 Å². The number of nitrogens with zero attached hydrogens (tertiary/aromatic N) is 3. The lowest BCUT2D eigenvalue weighted by atomic mass is 10.1. The molecule has 222 valence electrons. The Bertz CT molecular complexity index is 1510. The average Bonchev–Trinajstić information content (AvgIpc) is 3.59. The Morgan fingerprint density at radius 3 is 2.64 bits per heavy atom. The number of benzene rings is 2. The molecule has 2 aromatic carbocycles. The standard InChI is InChI=1S/C29H31ClN4O8/c1-29(2,3)42-28(37)34-9-7-23(32-34)31-26(35)17-13-19(40-18-8-11-38-16-18)15-20(14-17)41-22-6-5-21-25(24(22)30)39-12-10-33(4)27(21)36/h5-7,9,13-15,18H,8,10-12,16H2,1-4H3,(H,31,32,35)/t18-/m0/s1. The fraction of sp³-hybridized carbons (Fsp3) is 0.379. The van der Waals surface area contributed by atoms with Crippen LogP contribution in [0.3, 0.4) is 0 Å². The van der Waals surface area contributed by atoms with Crippen LogP contribution >= 0.6 is 11.6 Å². The minimum absolute atomic E-state index is 0.130. The summed E-state index contributed by atoms with van der Waals surface area (Å²) in [7, 11) is 1.69. The van der Waals surface area contributed by atoms with Gasteiger partial charge in [-0.2, -0.15) is 4.68 Å². The number of halogens is 1. The molecule has 3 aromatic rings. The molecule has 1 fully saturated rings. The molecule has 3 heterocycles. The smallest absolute Gasteiger partial charge is 0.435 e. The van der Waals surface area contributed by atoms with E-state index < -0.39 is 17.6 Å². The molecule has 0 aliphatic carbocycles. The van der Waals surface area contributed by atoms with E-state index in [-0.39, 0.29) is 52.3 Å². The molecule has 2 aliphatic rings. The van der Waals surface area contributed by atoms with Crippen LogP contribution in [0.1, 0.15) is 47.9 Å². The van der Waals surface area contributed by atoms with Crippen molar-refractivity contribution in [3.63, 3.8) is 0 Å². The lowest BCUT2D eigenvalue weighted by Crippen LogP contribution is -2.27. The SMILES string of the molecule is CN1CCOc2c(ccc(Oc3cc(O[C@H]4CCOC4)cc(C(=O)Nc4ccn(C(=O)OC(C)(C)C)n4)c3)c2Cl)C1=O. The Morgan fingerprint density at radius 1 is 1.12 bits per heavy atom. The van der Waals surface area contributed by atoms with Gasteiger partial charge in [0.2, 0.25) is 0 Å². The number of carbonyl (C=O) groups is 3. The van der Waals surface area contributed by atoms with E-state index in [4.69, 9.17) is 35.3 Å². The van der Waals surface area contributed by atoms with Gasteiger partial charge in [-0.05, 0) is 45.0 Å². The van der Waals surface area contributed by atoms with Gasteiger partial charge in [0.15, 0.2) is 11.6 Å². The number of likely N-dealkylation sites (N-methyl/N-ethyl adjacent to an activating group) is 1. The molecular formula is C29H31ClN4O8. The quantitative estimate of drug-likeness (QED) is 0.416. The lowest BCUT2D eigenvalue weighted by molar-refractivity contribution is 0.0514. The first-order valence-corrected chi connectivity index (χ1v) is 13.7. The predicted octanol–water partition coefficient (Wildman–Crippen LogP) is 5.00. The number of aromatic nitrogens is 2. The number of anilines is 1. The molecule has 0 radical (unpaired) electrons. The van der Waals surface area contributed by atoms with Crippen molar-refractivity contribution in [3.05, 3.63) is 58.7 Å². The monoisotopic (exact) mass is 598 g/mol. The molecule has 0 bridgehead atoms. The Balaban J connectivity index is 1.40. The van der Waals surface area contributed by atoms with Crippen LogP contribution in [0, 0.1) is 0 Å². The number of amides is 2. The molecule has 1 atom stereocenters. The highest BCUT2D eigenvalue weighted by Gasteiger charge is 2.26. The van der Waals surface area contributed by atoms with Gasteiger partial charge < -0.3 is 33.9 Å². The molecule has 0 unspecified atom stereocenters. The molecule has 2 aliphatic heterocycles. The number of hydrogen-bond acceptors (Lipinski definition) is 9. The highest BCUT2D eigenvalue weighted by Crippen LogP contribution is 2.41. The first-order valence-electron chi connectivity index (χ1n) is 13.4. The van der Waals surface area contributed by atoms with Gasteiger partial charge in [0.1, 0.15) is 40.6 Å². The number of nitrogens with one attached hydrogen (secondary N) is 1. The van der Waals surface area contributed by atoms with Crippen molar-refractivity contribution in [3.8, 4) is 23.0 Å². The Morgan fingerprint density at radius 2 is 1.90 bits per heavy atom. The van der Waals surface area contributed by atoms with Gasteiger partial charge in [-0.15, -0.1) is 5.10 Å². The second kappa shape index (κ2) is 11.9. The lowest BCUT2D eigenvalue weighted by Gasteiger charge is -2.18. The van der Waals surface area contributed by atoms with E-state index in [0.717, 1.165) is 4.68 Å². The molecule has 1 saturated heterocycles. The third-order valence-corrected chi connectivity index (χ3v) is 6.64. The van der Waals surface area contributed by atoms with Gasteiger partial charge in [-0.25, -0.2) is 4.79 Å². The fourth-order valence-electron chi connectivity index (χ4n) is 4.26. The van der Waals surface area contributed by atoms with Gasteiger partial charge >= 0.3 is 6.09 Å². The highest BCUT2D eigenvalue weighted by atomic mass is 35.5. The number of rotatable bonds is 6. The fourth-order valence-corrected chi connectivity index (χ4v) is 4.52. The number of ether oxygens (including phenoxy) is 5. The number of fused-ring (bicyclic) bond motifs is 1. The van der Waals surface area contributed by atoms with Gasteiger partial charge in [0.05, 0.1) is 25.3 Å². The van der Waals surface area contributed by atoms with Crippen LogP contribution in [0.5, 0.6) is 23.0 Å². The highest BCUT2D eigenvalue weighted by molar-refractivity contribution is 6.34. The number of carbonyl (C=O) groups excluding carboxylic acids is 3. The summed E-state index contributed by atoms with van der Waals surface area (Å²) in [5.41, 5.74) is -0.171. The second-order valence-electron chi connectivity index (χ2n) is 10.8. The maximum Gasteiger partial charge on any atom is 0.435 e. The van der Waals surface area contributed by atoms with Crippen molar-refractivity contribution >= 4 is 35.3 Å². The maximum absolute atomic E-state index is 13.3. The maximum atomic E-state index is 13.3. The third-order valence-electron chi connectivity index (χ3n) is 6.28. The summed E-state index contributed by atoms with van der Waals surface area (Å²) < 4.78 is 29.6. The molecular weight excluding hydrogens is 568 g/mol. The second-order valence-corrected chi connectivity index (χ2v) is 11.2. The largest absolute Gasteiger partial charge is 0.489 e. The van der Waals surface area contributed by atoms with Crippen molar-refractivity contribution < 1.29 is 38.1 Å². The summed E-state index contributed by atoms with van der Waals surface area (Å²) in [5.74, 6) is 0.519. The molecule has 1 N–H and O–H groups in total. The predicted molar refractivity (Wildman–Crippen MR) is 152 cm³/mol. The molecule has 0 saturated carbocycles. The summed E-state index contributed by atoms with van der Waals surface area (Å²) in [4.78, 5) is 39.8. The van der Waals surface area contributed by atoms with Crippen LogP contribution in [0.4, 0.5) is 10.6 Å². The van der Waals surface area contributed by atoms with Crippen molar-refractivity contribution in [1.29, 1.82) is 0 Å². The van der Waals surface area contributed by atoms with Crippen molar-refractivity contribution in [2.24, 2.45) is 0 Å². The zero-order valence-corrected chi connectivity index (χ0v) is 24.4. The Kier molecular flexibility index (Phi) is 8.28. The van der Waals surface area contributed by atoms with E-state index in [1.54, 1.807) is 57.0 Å². The van der Waals surface area contributed by atoms with E-state index in [1.165, 1.54) is 18.3 Å².